The number of benzene rings is 1. The van der Waals surface area contributed by atoms with Gasteiger partial charge in [0, 0.05) is 32.4 Å². The number of amides is 1. The summed E-state index contributed by atoms with van der Waals surface area (Å²) in [6.07, 6.45) is 5.25. The molecule has 27 heavy (non-hydrogen) atoms. The number of hydrogen-bond donors (Lipinski definition) is 1. The first-order valence-corrected chi connectivity index (χ1v) is 9.13. The van der Waals surface area contributed by atoms with Crippen LogP contribution in [0, 0.1) is 5.82 Å². The van der Waals surface area contributed by atoms with Gasteiger partial charge in [0.15, 0.2) is 5.65 Å². The smallest absolute Gasteiger partial charge is 0.253 e. The fourth-order valence-corrected chi connectivity index (χ4v) is 3.57. The SMILES string of the molecule is Cn1cnc2cc(C(=O)NC3CCCN(Cc4ccc(F)cc4)C3)cnc21. The average Bonchev–Trinajstić information content (AvgIpc) is 3.04. The Labute approximate surface area is 157 Å². The third-order valence-corrected chi connectivity index (χ3v) is 4.97. The lowest BCUT2D eigenvalue weighted by atomic mass is 10.0. The van der Waals surface area contributed by atoms with Crippen molar-refractivity contribution < 1.29 is 9.18 Å². The van der Waals surface area contributed by atoms with E-state index in [0.717, 1.165) is 43.7 Å². The zero-order valence-corrected chi connectivity index (χ0v) is 15.2. The highest BCUT2D eigenvalue weighted by molar-refractivity contribution is 5.96. The topological polar surface area (TPSA) is 63.1 Å². The number of nitrogens with one attached hydrogen (secondary N) is 1. The first-order chi connectivity index (χ1) is 13.1. The van der Waals surface area contributed by atoms with E-state index in [1.165, 1.54) is 12.1 Å². The van der Waals surface area contributed by atoms with Crippen LogP contribution in [0.4, 0.5) is 4.39 Å². The van der Waals surface area contributed by atoms with E-state index in [1.807, 2.05) is 23.7 Å². The van der Waals surface area contributed by atoms with Gasteiger partial charge in [-0.3, -0.25) is 9.69 Å². The van der Waals surface area contributed by atoms with E-state index in [2.05, 4.69) is 20.2 Å². The number of aryl methyl sites for hydroxylation is 1. The van der Waals surface area contributed by atoms with Gasteiger partial charge in [-0.15, -0.1) is 0 Å². The van der Waals surface area contributed by atoms with Crippen molar-refractivity contribution in [2.24, 2.45) is 7.05 Å². The fraction of sp³-hybridized carbons (Fsp3) is 0.350. The Bertz CT molecular complexity index is 953. The maximum atomic E-state index is 13.1. The summed E-state index contributed by atoms with van der Waals surface area (Å²) < 4.78 is 14.9. The van der Waals surface area contributed by atoms with E-state index in [0.29, 0.717) is 11.1 Å². The maximum absolute atomic E-state index is 13.1. The average molecular weight is 367 g/mol. The summed E-state index contributed by atoms with van der Waals surface area (Å²) in [5.74, 6) is -0.343. The Kier molecular flexibility index (Phi) is 4.85. The number of fused-ring (bicyclic) bond motifs is 1. The molecule has 1 N–H and O–H groups in total. The molecule has 1 saturated heterocycles. The normalized spacial score (nSPS) is 17.9. The van der Waals surface area contributed by atoms with Gasteiger partial charge in [-0.2, -0.15) is 0 Å². The molecule has 6 nitrogen and oxygen atoms in total. The Balaban J connectivity index is 1.39. The second-order valence-corrected chi connectivity index (χ2v) is 7.10. The number of likely N-dealkylation sites (tertiary alicyclic amines) is 1. The van der Waals surface area contributed by atoms with Crippen LogP contribution in [0.3, 0.4) is 0 Å². The predicted octanol–water partition coefficient (Wildman–Crippen LogP) is 2.50. The molecule has 3 aromatic rings. The van der Waals surface area contributed by atoms with Crippen LogP contribution in [-0.4, -0.2) is 44.5 Å². The summed E-state index contributed by atoms with van der Waals surface area (Å²) in [7, 11) is 1.87. The third kappa shape index (κ3) is 3.98. The van der Waals surface area contributed by atoms with Gasteiger partial charge in [0.05, 0.1) is 11.9 Å². The summed E-state index contributed by atoms with van der Waals surface area (Å²) in [6.45, 7) is 2.52. The van der Waals surface area contributed by atoms with Crippen molar-refractivity contribution in [2.45, 2.75) is 25.4 Å². The Morgan fingerprint density at radius 1 is 1.30 bits per heavy atom. The molecule has 2 aromatic heterocycles. The molecule has 1 aromatic carbocycles. The van der Waals surface area contributed by atoms with E-state index in [1.54, 1.807) is 18.6 Å². The number of carbonyl (C=O) groups excluding carboxylic acids is 1. The van der Waals surface area contributed by atoms with Crippen molar-refractivity contribution in [2.75, 3.05) is 13.1 Å². The molecule has 1 fully saturated rings. The van der Waals surface area contributed by atoms with Gasteiger partial charge in [-0.25, -0.2) is 14.4 Å². The number of imidazole rings is 1. The molecule has 1 aliphatic rings. The van der Waals surface area contributed by atoms with Crippen LogP contribution < -0.4 is 5.32 Å². The minimum atomic E-state index is -0.221. The van der Waals surface area contributed by atoms with Gasteiger partial charge >= 0.3 is 0 Å². The number of nitrogens with zero attached hydrogens (tertiary/aromatic N) is 4. The van der Waals surface area contributed by atoms with Gasteiger partial charge in [-0.05, 0) is 43.1 Å². The van der Waals surface area contributed by atoms with Crippen molar-refractivity contribution in [3.05, 3.63) is 59.8 Å². The number of piperidine rings is 1. The molecule has 7 heteroatoms. The summed E-state index contributed by atoms with van der Waals surface area (Å²) in [5, 5.41) is 3.12. The van der Waals surface area contributed by atoms with Crippen LogP contribution in [0.2, 0.25) is 0 Å². The van der Waals surface area contributed by atoms with Crippen LogP contribution in [0.1, 0.15) is 28.8 Å². The first kappa shape index (κ1) is 17.6. The number of pyridine rings is 1. The Morgan fingerprint density at radius 3 is 2.93 bits per heavy atom. The number of halogens is 1. The van der Waals surface area contributed by atoms with Crippen molar-refractivity contribution in [1.82, 2.24) is 24.8 Å². The van der Waals surface area contributed by atoms with Gasteiger partial charge in [0.1, 0.15) is 11.3 Å². The van der Waals surface area contributed by atoms with Crippen LogP contribution in [0.5, 0.6) is 0 Å². The third-order valence-electron chi connectivity index (χ3n) is 4.97. The highest BCUT2D eigenvalue weighted by Crippen LogP contribution is 2.16. The fourth-order valence-electron chi connectivity index (χ4n) is 3.57. The number of aromatic nitrogens is 3. The molecule has 0 bridgehead atoms. The van der Waals surface area contributed by atoms with Crippen molar-refractivity contribution >= 4 is 17.1 Å². The second-order valence-electron chi connectivity index (χ2n) is 7.10. The molecule has 1 amide bonds. The minimum Gasteiger partial charge on any atom is -0.348 e. The minimum absolute atomic E-state index is 0.0890. The molecular weight excluding hydrogens is 345 g/mol. The lowest BCUT2D eigenvalue weighted by Gasteiger charge is -2.33. The van der Waals surface area contributed by atoms with Gasteiger partial charge in [-0.1, -0.05) is 12.1 Å². The molecule has 1 unspecified atom stereocenters. The standard InChI is InChI=1S/C20H22FN5O/c1-25-13-23-18-9-15(10-22-19(18)25)20(27)24-17-3-2-8-26(12-17)11-14-4-6-16(21)7-5-14/h4-7,9-10,13,17H,2-3,8,11-12H2,1H3,(H,24,27). The molecule has 0 aliphatic carbocycles. The molecule has 3 heterocycles. The molecule has 1 atom stereocenters. The zero-order chi connectivity index (χ0) is 18.8. The number of rotatable bonds is 4. The monoisotopic (exact) mass is 367 g/mol. The van der Waals surface area contributed by atoms with E-state index in [9.17, 15) is 9.18 Å². The van der Waals surface area contributed by atoms with Crippen LogP contribution >= 0.6 is 0 Å². The quantitative estimate of drug-likeness (QED) is 0.770. The molecule has 0 radical (unpaired) electrons. The summed E-state index contributed by atoms with van der Waals surface area (Å²) in [4.78, 5) is 23.5. The molecule has 4 rings (SSSR count). The first-order valence-electron chi connectivity index (χ1n) is 9.13. The Hall–Kier alpha value is -2.80. The maximum Gasteiger partial charge on any atom is 0.253 e. The van der Waals surface area contributed by atoms with E-state index in [-0.39, 0.29) is 17.8 Å². The number of carbonyl (C=O) groups is 1. The van der Waals surface area contributed by atoms with Crippen LogP contribution in [0.15, 0.2) is 42.9 Å². The predicted molar refractivity (Wildman–Crippen MR) is 101 cm³/mol. The van der Waals surface area contributed by atoms with E-state index >= 15 is 0 Å². The van der Waals surface area contributed by atoms with Crippen molar-refractivity contribution in [3.63, 3.8) is 0 Å². The van der Waals surface area contributed by atoms with Gasteiger partial charge < -0.3 is 9.88 Å². The highest BCUT2D eigenvalue weighted by Gasteiger charge is 2.22. The lowest BCUT2D eigenvalue weighted by Crippen LogP contribution is -2.47. The van der Waals surface area contributed by atoms with Gasteiger partial charge in [0.2, 0.25) is 0 Å². The molecule has 0 spiro atoms. The molecule has 140 valence electrons. The Morgan fingerprint density at radius 2 is 2.11 bits per heavy atom. The van der Waals surface area contributed by atoms with E-state index < -0.39 is 0 Å². The van der Waals surface area contributed by atoms with Crippen LogP contribution in [-0.2, 0) is 13.6 Å². The summed E-state index contributed by atoms with van der Waals surface area (Å²) in [6, 6.07) is 8.46. The number of hydrogen-bond acceptors (Lipinski definition) is 4. The summed E-state index contributed by atoms with van der Waals surface area (Å²) >= 11 is 0. The second kappa shape index (κ2) is 7.44. The molecular formula is C20H22FN5O. The summed E-state index contributed by atoms with van der Waals surface area (Å²) in [5.41, 5.74) is 3.08. The van der Waals surface area contributed by atoms with Crippen LogP contribution in [0.25, 0.3) is 11.2 Å². The molecule has 1 aliphatic heterocycles. The van der Waals surface area contributed by atoms with Crippen molar-refractivity contribution in [1.29, 1.82) is 0 Å². The van der Waals surface area contributed by atoms with Gasteiger partial charge in [0.25, 0.3) is 5.91 Å². The largest absolute Gasteiger partial charge is 0.348 e. The van der Waals surface area contributed by atoms with E-state index in [4.69, 9.17) is 0 Å². The van der Waals surface area contributed by atoms with Crippen molar-refractivity contribution in [3.8, 4) is 0 Å². The lowest BCUT2D eigenvalue weighted by molar-refractivity contribution is 0.0900. The molecule has 0 saturated carbocycles. The highest BCUT2D eigenvalue weighted by atomic mass is 19.1. The zero-order valence-electron chi connectivity index (χ0n) is 15.2.